The standard InChI is InChI=1S/C24H34N2O2/c1-16(2)24(17(3)4)14-23(11-6-7-12-23)15-26(24)22(27)20-13-18-19(25-20)9-8-10-21(18)28-5/h8-10,13,16-17,25H,6-7,11-12,14-15H2,1-5H3. The van der Waals surface area contributed by atoms with Gasteiger partial charge in [-0.15, -0.1) is 0 Å². The smallest absolute Gasteiger partial charge is 0.270 e. The molecule has 1 amide bonds. The zero-order chi connectivity index (χ0) is 20.1. The SMILES string of the molecule is COc1cccc2[nH]c(C(=O)N3CC4(CCCC4)CC3(C(C)C)C(C)C)cc12. The van der Waals surface area contributed by atoms with E-state index in [2.05, 4.69) is 37.6 Å². The number of rotatable bonds is 4. The van der Waals surface area contributed by atoms with Crippen molar-refractivity contribution in [2.75, 3.05) is 13.7 Å². The Morgan fingerprint density at radius 1 is 1.14 bits per heavy atom. The monoisotopic (exact) mass is 382 g/mol. The molecule has 1 aromatic heterocycles. The van der Waals surface area contributed by atoms with Gasteiger partial charge < -0.3 is 14.6 Å². The number of H-pyrrole nitrogens is 1. The van der Waals surface area contributed by atoms with Gasteiger partial charge in [-0.3, -0.25) is 4.79 Å². The second kappa shape index (κ2) is 6.82. The lowest BCUT2D eigenvalue weighted by molar-refractivity contribution is 0.0291. The average Bonchev–Trinajstić information content (AvgIpc) is 3.38. The maximum atomic E-state index is 13.8. The number of nitrogens with zero attached hydrogens (tertiary/aromatic N) is 1. The summed E-state index contributed by atoms with van der Waals surface area (Å²) in [6, 6.07) is 7.89. The molecule has 28 heavy (non-hydrogen) atoms. The molecule has 4 heteroatoms. The Morgan fingerprint density at radius 3 is 2.43 bits per heavy atom. The van der Waals surface area contributed by atoms with Crippen molar-refractivity contribution in [2.24, 2.45) is 17.3 Å². The highest BCUT2D eigenvalue weighted by Crippen LogP contribution is 2.56. The van der Waals surface area contributed by atoms with Crippen LogP contribution in [0.25, 0.3) is 10.9 Å². The number of nitrogens with one attached hydrogen (secondary N) is 1. The Morgan fingerprint density at radius 2 is 1.82 bits per heavy atom. The molecule has 1 aliphatic heterocycles. The van der Waals surface area contributed by atoms with Crippen molar-refractivity contribution in [1.29, 1.82) is 0 Å². The van der Waals surface area contributed by atoms with Crippen LogP contribution in [0.3, 0.4) is 0 Å². The summed E-state index contributed by atoms with van der Waals surface area (Å²) in [6.45, 7) is 10.1. The summed E-state index contributed by atoms with van der Waals surface area (Å²) < 4.78 is 5.49. The first kappa shape index (κ1) is 19.4. The molecule has 1 N–H and O–H groups in total. The van der Waals surface area contributed by atoms with E-state index in [1.54, 1.807) is 7.11 Å². The maximum absolute atomic E-state index is 13.8. The summed E-state index contributed by atoms with van der Waals surface area (Å²) in [7, 11) is 1.68. The van der Waals surface area contributed by atoms with Crippen LogP contribution in [0, 0.1) is 17.3 Å². The topological polar surface area (TPSA) is 45.3 Å². The van der Waals surface area contributed by atoms with E-state index in [4.69, 9.17) is 4.74 Å². The van der Waals surface area contributed by atoms with Crippen molar-refractivity contribution in [3.8, 4) is 5.75 Å². The van der Waals surface area contributed by atoms with Crippen molar-refractivity contribution in [2.45, 2.75) is 65.3 Å². The molecule has 1 aliphatic carbocycles. The summed E-state index contributed by atoms with van der Waals surface area (Å²) >= 11 is 0. The number of methoxy groups -OCH3 is 1. The Bertz CT molecular complexity index is 866. The molecule has 0 unspecified atom stereocenters. The maximum Gasteiger partial charge on any atom is 0.270 e. The quantitative estimate of drug-likeness (QED) is 0.744. The number of carbonyl (C=O) groups is 1. The lowest BCUT2D eigenvalue weighted by Crippen LogP contribution is -2.54. The summed E-state index contributed by atoms with van der Waals surface area (Å²) in [5.41, 5.74) is 1.87. The van der Waals surface area contributed by atoms with E-state index in [0.717, 1.165) is 29.6 Å². The number of fused-ring (bicyclic) bond motifs is 1. The number of carbonyl (C=O) groups excluding carboxylic acids is 1. The van der Waals surface area contributed by atoms with Crippen LogP contribution in [0.2, 0.25) is 0 Å². The minimum absolute atomic E-state index is 0.0806. The fourth-order valence-electron chi connectivity index (χ4n) is 6.22. The largest absolute Gasteiger partial charge is 0.496 e. The van der Waals surface area contributed by atoms with Gasteiger partial charge in [0.1, 0.15) is 11.4 Å². The predicted molar refractivity (Wildman–Crippen MR) is 114 cm³/mol. The Balaban J connectivity index is 1.77. The highest BCUT2D eigenvalue weighted by atomic mass is 16.5. The molecule has 2 aromatic rings. The highest BCUT2D eigenvalue weighted by molar-refractivity contribution is 6.00. The van der Waals surface area contributed by atoms with E-state index >= 15 is 0 Å². The van der Waals surface area contributed by atoms with Crippen LogP contribution in [0.1, 0.15) is 70.3 Å². The number of amides is 1. The van der Waals surface area contributed by atoms with Gasteiger partial charge in [0.05, 0.1) is 7.11 Å². The minimum Gasteiger partial charge on any atom is -0.496 e. The molecule has 2 fully saturated rings. The number of ether oxygens (including phenoxy) is 1. The van der Waals surface area contributed by atoms with Crippen molar-refractivity contribution >= 4 is 16.8 Å². The third-order valence-electron chi connectivity index (χ3n) is 7.64. The fraction of sp³-hybridized carbons (Fsp3) is 0.625. The van der Waals surface area contributed by atoms with Crippen LogP contribution < -0.4 is 4.74 Å². The first-order valence-electron chi connectivity index (χ1n) is 10.8. The summed E-state index contributed by atoms with van der Waals surface area (Å²) in [5, 5.41) is 0.975. The Hall–Kier alpha value is -1.97. The number of benzene rings is 1. The lowest BCUT2D eigenvalue weighted by atomic mass is 9.69. The summed E-state index contributed by atoms with van der Waals surface area (Å²) in [6.07, 6.45) is 6.28. The van der Waals surface area contributed by atoms with E-state index in [9.17, 15) is 4.79 Å². The number of hydrogen-bond donors (Lipinski definition) is 1. The van der Waals surface area contributed by atoms with E-state index in [1.165, 1.54) is 25.7 Å². The molecule has 4 rings (SSSR count). The third kappa shape index (κ3) is 2.75. The number of aromatic amines is 1. The molecule has 0 radical (unpaired) electrons. The van der Waals surface area contributed by atoms with Gasteiger partial charge in [0.25, 0.3) is 5.91 Å². The van der Waals surface area contributed by atoms with Crippen LogP contribution in [0.15, 0.2) is 24.3 Å². The Kier molecular flexibility index (Phi) is 4.71. The van der Waals surface area contributed by atoms with Gasteiger partial charge in [-0.05, 0) is 54.7 Å². The molecule has 2 heterocycles. The van der Waals surface area contributed by atoms with Crippen molar-refractivity contribution in [3.05, 3.63) is 30.0 Å². The van der Waals surface area contributed by atoms with Crippen LogP contribution in [-0.4, -0.2) is 35.0 Å². The number of hydrogen-bond acceptors (Lipinski definition) is 2. The number of aromatic nitrogens is 1. The van der Waals surface area contributed by atoms with Gasteiger partial charge in [-0.25, -0.2) is 0 Å². The van der Waals surface area contributed by atoms with E-state index in [-0.39, 0.29) is 11.4 Å². The molecule has 2 aliphatic rings. The van der Waals surface area contributed by atoms with E-state index in [0.29, 0.717) is 22.9 Å². The van der Waals surface area contributed by atoms with Gasteiger partial charge >= 0.3 is 0 Å². The first-order chi connectivity index (χ1) is 13.3. The molecule has 0 bridgehead atoms. The lowest BCUT2D eigenvalue weighted by Gasteiger charge is -2.45. The van der Waals surface area contributed by atoms with Crippen molar-refractivity contribution < 1.29 is 9.53 Å². The van der Waals surface area contributed by atoms with Gasteiger partial charge in [-0.2, -0.15) is 0 Å². The highest BCUT2D eigenvalue weighted by Gasteiger charge is 2.58. The minimum atomic E-state index is -0.0806. The van der Waals surface area contributed by atoms with Gasteiger partial charge in [-0.1, -0.05) is 46.6 Å². The zero-order valence-corrected chi connectivity index (χ0v) is 18.0. The molecular weight excluding hydrogens is 348 g/mol. The number of likely N-dealkylation sites (tertiary alicyclic amines) is 1. The summed E-state index contributed by atoms with van der Waals surface area (Å²) in [4.78, 5) is 19.4. The molecule has 1 saturated heterocycles. The molecule has 1 saturated carbocycles. The van der Waals surface area contributed by atoms with Gasteiger partial charge in [0, 0.05) is 23.0 Å². The molecule has 1 spiro atoms. The average molecular weight is 383 g/mol. The Labute approximate surface area is 168 Å². The van der Waals surface area contributed by atoms with E-state index in [1.807, 2.05) is 24.3 Å². The molecular formula is C24H34N2O2. The normalized spacial score (nSPS) is 20.8. The fourth-order valence-corrected chi connectivity index (χ4v) is 6.22. The van der Waals surface area contributed by atoms with Crippen LogP contribution in [0.4, 0.5) is 0 Å². The zero-order valence-electron chi connectivity index (χ0n) is 18.0. The van der Waals surface area contributed by atoms with Crippen LogP contribution >= 0.6 is 0 Å². The predicted octanol–water partition coefficient (Wildman–Crippen LogP) is 5.63. The van der Waals surface area contributed by atoms with Crippen LogP contribution in [-0.2, 0) is 0 Å². The van der Waals surface area contributed by atoms with E-state index < -0.39 is 0 Å². The second-order valence-corrected chi connectivity index (χ2v) is 9.68. The van der Waals surface area contributed by atoms with Crippen molar-refractivity contribution in [1.82, 2.24) is 9.88 Å². The molecule has 1 aromatic carbocycles. The second-order valence-electron chi connectivity index (χ2n) is 9.68. The van der Waals surface area contributed by atoms with Crippen molar-refractivity contribution in [3.63, 3.8) is 0 Å². The molecule has 4 nitrogen and oxygen atoms in total. The first-order valence-corrected chi connectivity index (χ1v) is 10.8. The molecule has 152 valence electrons. The molecule has 0 atom stereocenters. The van der Waals surface area contributed by atoms with Crippen LogP contribution in [0.5, 0.6) is 5.75 Å². The third-order valence-corrected chi connectivity index (χ3v) is 7.64. The summed E-state index contributed by atoms with van der Waals surface area (Å²) in [5.74, 6) is 1.80. The van der Waals surface area contributed by atoms with Gasteiger partial charge in [0.15, 0.2) is 0 Å². The van der Waals surface area contributed by atoms with Gasteiger partial charge in [0.2, 0.25) is 0 Å².